The molecule has 0 aliphatic carbocycles. The Morgan fingerprint density at radius 1 is 1.29 bits per heavy atom. The standard InChI is InChI=1S/C12H16N2O3/c1-12(2,11(15)14-13)8-3-4-9-10(7-8)17-6-5-16-9/h3-4,7H,5-6,13H2,1-2H3,(H,14,15). The molecule has 1 aliphatic heterocycles. The van der Waals surface area contributed by atoms with E-state index in [9.17, 15) is 4.79 Å². The van der Waals surface area contributed by atoms with Crippen LogP contribution < -0.4 is 20.7 Å². The van der Waals surface area contributed by atoms with E-state index in [1.165, 1.54) is 0 Å². The van der Waals surface area contributed by atoms with E-state index in [4.69, 9.17) is 15.3 Å². The van der Waals surface area contributed by atoms with Gasteiger partial charge in [0.2, 0.25) is 5.91 Å². The number of hydrogen-bond acceptors (Lipinski definition) is 4. The number of carbonyl (C=O) groups excluding carboxylic acids is 1. The van der Waals surface area contributed by atoms with E-state index in [0.29, 0.717) is 24.7 Å². The summed E-state index contributed by atoms with van der Waals surface area (Å²) in [6, 6.07) is 5.49. The van der Waals surface area contributed by atoms with Gasteiger partial charge in [0.25, 0.3) is 0 Å². The second kappa shape index (κ2) is 4.25. The van der Waals surface area contributed by atoms with E-state index in [2.05, 4.69) is 5.43 Å². The lowest BCUT2D eigenvalue weighted by atomic mass is 9.83. The van der Waals surface area contributed by atoms with Crippen molar-refractivity contribution in [3.63, 3.8) is 0 Å². The third-order valence-corrected chi connectivity index (χ3v) is 2.96. The molecule has 0 saturated heterocycles. The summed E-state index contributed by atoms with van der Waals surface area (Å²) < 4.78 is 10.9. The van der Waals surface area contributed by atoms with Gasteiger partial charge in [-0.3, -0.25) is 10.2 Å². The molecule has 0 atom stereocenters. The maximum absolute atomic E-state index is 11.7. The molecular formula is C12H16N2O3. The van der Waals surface area contributed by atoms with Gasteiger partial charge in [-0.25, -0.2) is 5.84 Å². The van der Waals surface area contributed by atoms with Crippen LogP contribution in [0.5, 0.6) is 11.5 Å². The van der Waals surface area contributed by atoms with Crippen molar-refractivity contribution in [1.29, 1.82) is 0 Å². The minimum atomic E-state index is -0.704. The van der Waals surface area contributed by atoms with E-state index in [1.807, 2.05) is 18.2 Å². The third kappa shape index (κ3) is 2.06. The van der Waals surface area contributed by atoms with Crippen LogP contribution in [0.3, 0.4) is 0 Å². The Morgan fingerprint density at radius 2 is 1.94 bits per heavy atom. The van der Waals surface area contributed by atoms with Crippen LogP contribution in [0.1, 0.15) is 19.4 Å². The second-order valence-corrected chi connectivity index (χ2v) is 4.46. The lowest BCUT2D eigenvalue weighted by Crippen LogP contribution is -2.43. The largest absolute Gasteiger partial charge is 0.486 e. The molecule has 1 aromatic carbocycles. The van der Waals surface area contributed by atoms with Gasteiger partial charge in [-0.05, 0) is 31.5 Å². The van der Waals surface area contributed by atoms with Crippen LogP contribution >= 0.6 is 0 Å². The molecule has 1 aromatic rings. The molecule has 0 spiro atoms. The second-order valence-electron chi connectivity index (χ2n) is 4.46. The Balaban J connectivity index is 2.36. The van der Waals surface area contributed by atoms with Gasteiger partial charge in [-0.2, -0.15) is 0 Å². The molecule has 17 heavy (non-hydrogen) atoms. The van der Waals surface area contributed by atoms with Gasteiger partial charge in [0.1, 0.15) is 13.2 Å². The molecule has 0 unspecified atom stereocenters. The molecule has 0 bridgehead atoms. The summed E-state index contributed by atoms with van der Waals surface area (Å²) in [5, 5.41) is 0. The molecule has 92 valence electrons. The predicted molar refractivity (Wildman–Crippen MR) is 62.8 cm³/mol. The molecule has 0 radical (unpaired) electrons. The summed E-state index contributed by atoms with van der Waals surface area (Å²) in [4.78, 5) is 11.7. The minimum Gasteiger partial charge on any atom is -0.486 e. The zero-order valence-electron chi connectivity index (χ0n) is 9.95. The molecule has 1 heterocycles. The average Bonchev–Trinajstić information content (AvgIpc) is 2.37. The van der Waals surface area contributed by atoms with E-state index in [1.54, 1.807) is 13.8 Å². The SMILES string of the molecule is CC(C)(C(=O)NN)c1ccc2c(c1)OCCO2. The molecular weight excluding hydrogens is 220 g/mol. The number of nitrogens with two attached hydrogens (primary N) is 1. The quantitative estimate of drug-likeness (QED) is 0.451. The molecule has 1 amide bonds. The first-order valence-corrected chi connectivity index (χ1v) is 5.47. The van der Waals surface area contributed by atoms with E-state index >= 15 is 0 Å². The van der Waals surface area contributed by atoms with Crippen LogP contribution in [0.4, 0.5) is 0 Å². The van der Waals surface area contributed by atoms with Crippen molar-refractivity contribution in [2.45, 2.75) is 19.3 Å². The molecule has 0 aromatic heterocycles. The summed E-state index contributed by atoms with van der Waals surface area (Å²) >= 11 is 0. The molecule has 5 heteroatoms. The molecule has 0 saturated carbocycles. The molecule has 3 N–H and O–H groups in total. The van der Waals surface area contributed by atoms with E-state index in [-0.39, 0.29) is 5.91 Å². The Bertz CT molecular complexity index is 443. The Labute approximate surface area is 99.9 Å². The van der Waals surface area contributed by atoms with Crippen LogP contribution in [-0.4, -0.2) is 19.1 Å². The van der Waals surface area contributed by atoms with Crippen molar-refractivity contribution < 1.29 is 14.3 Å². The molecule has 1 aliphatic rings. The minimum absolute atomic E-state index is 0.242. The predicted octanol–water partition coefficient (Wildman–Crippen LogP) is 0.725. The molecule has 2 rings (SSSR count). The number of ether oxygens (including phenoxy) is 2. The maximum Gasteiger partial charge on any atom is 0.243 e. The number of fused-ring (bicyclic) bond motifs is 1. The van der Waals surface area contributed by atoms with Gasteiger partial charge in [-0.1, -0.05) is 6.07 Å². The van der Waals surface area contributed by atoms with Gasteiger partial charge in [-0.15, -0.1) is 0 Å². The van der Waals surface area contributed by atoms with Gasteiger partial charge >= 0.3 is 0 Å². The van der Waals surface area contributed by atoms with Gasteiger partial charge < -0.3 is 9.47 Å². The van der Waals surface area contributed by atoms with Crippen molar-refractivity contribution in [2.24, 2.45) is 5.84 Å². The summed E-state index contributed by atoms with van der Waals surface area (Å²) in [5.74, 6) is 6.32. The van der Waals surface area contributed by atoms with Crippen molar-refractivity contribution in [2.75, 3.05) is 13.2 Å². The van der Waals surface area contributed by atoms with Crippen LogP contribution in [0.2, 0.25) is 0 Å². The maximum atomic E-state index is 11.7. The zero-order chi connectivity index (χ0) is 12.5. The van der Waals surface area contributed by atoms with E-state index < -0.39 is 5.41 Å². The number of rotatable bonds is 2. The Hall–Kier alpha value is -1.75. The number of benzene rings is 1. The number of nitrogens with one attached hydrogen (secondary N) is 1. The average molecular weight is 236 g/mol. The van der Waals surface area contributed by atoms with Crippen LogP contribution in [-0.2, 0) is 10.2 Å². The highest BCUT2D eigenvalue weighted by atomic mass is 16.6. The van der Waals surface area contributed by atoms with Crippen LogP contribution in [0, 0.1) is 0 Å². The molecule has 5 nitrogen and oxygen atoms in total. The fourth-order valence-electron chi connectivity index (χ4n) is 1.74. The highest BCUT2D eigenvalue weighted by Gasteiger charge is 2.30. The summed E-state index contributed by atoms with van der Waals surface area (Å²) in [6.45, 7) is 4.69. The first-order chi connectivity index (χ1) is 8.05. The third-order valence-electron chi connectivity index (χ3n) is 2.96. The fraction of sp³-hybridized carbons (Fsp3) is 0.417. The molecule has 0 fully saturated rings. The lowest BCUT2D eigenvalue weighted by Gasteiger charge is -2.25. The summed E-state index contributed by atoms with van der Waals surface area (Å²) in [5.41, 5.74) is 2.31. The highest BCUT2D eigenvalue weighted by molar-refractivity contribution is 5.87. The first kappa shape index (κ1) is 11.7. The van der Waals surface area contributed by atoms with Crippen molar-refractivity contribution in [1.82, 2.24) is 5.43 Å². The number of carbonyl (C=O) groups is 1. The first-order valence-electron chi connectivity index (χ1n) is 5.47. The van der Waals surface area contributed by atoms with Crippen LogP contribution in [0.25, 0.3) is 0 Å². The van der Waals surface area contributed by atoms with Gasteiger partial charge in [0, 0.05) is 0 Å². The normalized spacial score (nSPS) is 14.3. The van der Waals surface area contributed by atoms with Gasteiger partial charge in [0.05, 0.1) is 5.41 Å². The lowest BCUT2D eigenvalue weighted by molar-refractivity contribution is -0.125. The van der Waals surface area contributed by atoms with Crippen molar-refractivity contribution >= 4 is 5.91 Å². The van der Waals surface area contributed by atoms with Gasteiger partial charge in [0.15, 0.2) is 11.5 Å². The Kier molecular flexibility index (Phi) is 2.93. The topological polar surface area (TPSA) is 73.6 Å². The van der Waals surface area contributed by atoms with Crippen molar-refractivity contribution in [3.05, 3.63) is 23.8 Å². The summed E-state index contributed by atoms with van der Waals surface area (Å²) in [6.07, 6.45) is 0. The highest BCUT2D eigenvalue weighted by Crippen LogP contribution is 2.35. The number of amides is 1. The zero-order valence-corrected chi connectivity index (χ0v) is 9.95. The van der Waals surface area contributed by atoms with E-state index in [0.717, 1.165) is 5.56 Å². The Morgan fingerprint density at radius 3 is 2.59 bits per heavy atom. The summed E-state index contributed by atoms with van der Waals surface area (Å²) in [7, 11) is 0. The number of hydrogen-bond donors (Lipinski definition) is 2. The smallest absolute Gasteiger partial charge is 0.243 e. The monoisotopic (exact) mass is 236 g/mol. The van der Waals surface area contributed by atoms with Crippen molar-refractivity contribution in [3.8, 4) is 11.5 Å². The fourth-order valence-corrected chi connectivity index (χ4v) is 1.74. The number of hydrazine groups is 1. The van der Waals surface area contributed by atoms with Crippen LogP contribution in [0.15, 0.2) is 18.2 Å².